The first-order chi connectivity index (χ1) is 7.14. The van der Waals surface area contributed by atoms with Crippen LogP contribution in [0.5, 0.6) is 0 Å². The van der Waals surface area contributed by atoms with Crippen molar-refractivity contribution in [2.45, 2.75) is 58.9 Å². The SMILES string of the molecule is CCNCC(C)(C)CCCCNC1CC1. The Hall–Kier alpha value is -0.0800. The minimum Gasteiger partial charge on any atom is -0.316 e. The van der Waals surface area contributed by atoms with Crippen molar-refractivity contribution >= 4 is 0 Å². The third kappa shape index (κ3) is 6.91. The molecule has 0 aliphatic heterocycles. The maximum atomic E-state index is 3.57. The van der Waals surface area contributed by atoms with Gasteiger partial charge in [-0.25, -0.2) is 0 Å². The van der Waals surface area contributed by atoms with E-state index in [2.05, 4.69) is 31.4 Å². The first-order valence-electron chi connectivity index (χ1n) is 6.58. The number of nitrogens with one attached hydrogen (secondary N) is 2. The Morgan fingerprint density at radius 3 is 2.53 bits per heavy atom. The summed E-state index contributed by atoms with van der Waals surface area (Å²) in [6, 6.07) is 0.875. The summed E-state index contributed by atoms with van der Waals surface area (Å²) in [5, 5.41) is 7.01. The third-order valence-corrected chi connectivity index (χ3v) is 3.14. The van der Waals surface area contributed by atoms with E-state index >= 15 is 0 Å². The normalized spacial score (nSPS) is 17.0. The van der Waals surface area contributed by atoms with Crippen LogP contribution in [0.1, 0.15) is 52.9 Å². The monoisotopic (exact) mass is 212 g/mol. The van der Waals surface area contributed by atoms with Crippen molar-refractivity contribution in [2.75, 3.05) is 19.6 Å². The molecule has 1 rings (SSSR count). The highest BCUT2D eigenvalue weighted by atomic mass is 14.9. The molecule has 0 aromatic rings. The molecular formula is C13H28N2. The van der Waals surface area contributed by atoms with E-state index in [1.807, 2.05) is 0 Å². The summed E-state index contributed by atoms with van der Waals surface area (Å²) in [5.74, 6) is 0. The molecule has 0 aromatic carbocycles. The second kappa shape index (κ2) is 6.49. The minimum absolute atomic E-state index is 0.468. The lowest BCUT2D eigenvalue weighted by molar-refractivity contribution is 0.305. The van der Waals surface area contributed by atoms with E-state index in [1.165, 1.54) is 38.6 Å². The van der Waals surface area contributed by atoms with Crippen LogP contribution in [0.3, 0.4) is 0 Å². The molecule has 0 spiro atoms. The molecule has 0 atom stereocenters. The highest BCUT2D eigenvalue weighted by Crippen LogP contribution is 2.22. The van der Waals surface area contributed by atoms with Crippen LogP contribution in [-0.4, -0.2) is 25.7 Å². The molecule has 0 aromatic heterocycles. The van der Waals surface area contributed by atoms with Crippen LogP contribution >= 0.6 is 0 Å². The molecule has 0 saturated heterocycles. The van der Waals surface area contributed by atoms with E-state index in [9.17, 15) is 0 Å². The Bertz CT molecular complexity index is 162. The Labute approximate surface area is 95.2 Å². The zero-order valence-corrected chi connectivity index (χ0v) is 10.7. The van der Waals surface area contributed by atoms with E-state index in [1.54, 1.807) is 0 Å². The van der Waals surface area contributed by atoms with Crippen LogP contribution in [0.25, 0.3) is 0 Å². The zero-order valence-electron chi connectivity index (χ0n) is 10.7. The van der Waals surface area contributed by atoms with Gasteiger partial charge >= 0.3 is 0 Å². The maximum Gasteiger partial charge on any atom is 0.00682 e. The summed E-state index contributed by atoms with van der Waals surface area (Å²) < 4.78 is 0. The molecule has 0 bridgehead atoms. The Kier molecular flexibility index (Phi) is 5.62. The van der Waals surface area contributed by atoms with Crippen molar-refractivity contribution in [3.63, 3.8) is 0 Å². The van der Waals surface area contributed by atoms with Crippen molar-refractivity contribution in [3.05, 3.63) is 0 Å². The van der Waals surface area contributed by atoms with E-state index in [4.69, 9.17) is 0 Å². The van der Waals surface area contributed by atoms with Crippen molar-refractivity contribution in [2.24, 2.45) is 5.41 Å². The van der Waals surface area contributed by atoms with Gasteiger partial charge in [-0.2, -0.15) is 0 Å². The van der Waals surface area contributed by atoms with Crippen LogP contribution in [-0.2, 0) is 0 Å². The molecule has 1 aliphatic rings. The van der Waals surface area contributed by atoms with Crippen LogP contribution in [0.2, 0.25) is 0 Å². The number of rotatable bonds is 9. The molecule has 1 aliphatic carbocycles. The lowest BCUT2D eigenvalue weighted by Gasteiger charge is -2.24. The number of hydrogen-bond donors (Lipinski definition) is 2. The predicted octanol–water partition coefficient (Wildman–Crippen LogP) is 2.54. The minimum atomic E-state index is 0.468. The van der Waals surface area contributed by atoms with E-state index in [-0.39, 0.29) is 0 Å². The molecule has 90 valence electrons. The summed E-state index contributed by atoms with van der Waals surface area (Å²) in [6.45, 7) is 10.4. The van der Waals surface area contributed by atoms with Gasteiger partial charge in [-0.3, -0.25) is 0 Å². The quantitative estimate of drug-likeness (QED) is 0.574. The smallest absolute Gasteiger partial charge is 0.00682 e. The topological polar surface area (TPSA) is 24.1 Å². The molecule has 1 saturated carbocycles. The number of unbranched alkanes of at least 4 members (excludes halogenated alkanes) is 1. The average Bonchev–Trinajstić information content (AvgIpc) is 2.98. The van der Waals surface area contributed by atoms with Crippen molar-refractivity contribution in [1.82, 2.24) is 10.6 Å². The van der Waals surface area contributed by atoms with Crippen LogP contribution < -0.4 is 10.6 Å². The third-order valence-electron chi connectivity index (χ3n) is 3.14. The van der Waals surface area contributed by atoms with Crippen LogP contribution in [0.4, 0.5) is 0 Å². The molecule has 0 heterocycles. The first-order valence-corrected chi connectivity index (χ1v) is 6.58. The fraction of sp³-hybridized carbons (Fsp3) is 1.00. The summed E-state index contributed by atoms with van der Waals surface area (Å²) in [6.07, 6.45) is 6.86. The van der Waals surface area contributed by atoms with Gasteiger partial charge in [0.05, 0.1) is 0 Å². The van der Waals surface area contributed by atoms with Gasteiger partial charge in [0.1, 0.15) is 0 Å². The van der Waals surface area contributed by atoms with Crippen molar-refractivity contribution < 1.29 is 0 Å². The van der Waals surface area contributed by atoms with Crippen molar-refractivity contribution in [3.8, 4) is 0 Å². The van der Waals surface area contributed by atoms with Gasteiger partial charge in [-0.15, -0.1) is 0 Å². The Morgan fingerprint density at radius 2 is 1.93 bits per heavy atom. The predicted molar refractivity (Wildman–Crippen MR) is 67.2 cm³/mol. The van der Waals surface area contributed by atoms with Crippen LogP contribution in [0.15, 0.2) is 0 Å². The molecule has 2 nitrogen and oxygen atoms in total. The molecule has 2 heteroatoms. The summed E-state index contributed by atoms with van der Waals surface area (Å²) in [7, 11) is 0. The molecular weight excluding hydrogens is 184 g/mol. The zero-order chi connectivity index (χ0) is 11.1. The van der Waals surface area contributed by atoms with Crippen molar-refractivity contribution in [1.29, 1.82) is 0 Å². The van der Waals surface area contributed by atoms with Crippen LogP contribution in [0, 0.1) is 5.41 Å². The summed E-state index contributed by atoms with van der Waals surface area (Å²) >= 11 is 0. The van der Waals surface area contributed by atoms with Gasteiger partial charge in [0.2, 0.25) is 0 Å². The molecule has 0 radical (unpaired) electrons. The van der Waals surface area contributed by atoms with Gasteiger partial charge in [0, 0.05) is 12.6 Å². The summed E-state index contributed by atoms with van der Waals surface area (Å²) in [5.41, 5.74) is 0.468. The molecule has 0 unspecified atom stereocenters. The second-order valence-corrected chi connectivity index (χ2v) is 5.63. The molecule has 1 fully saturated rings. The first kappa shape index (κ1) is 13.0. The van der Waals surface area contributed by atoms with Gasteiger partial charge in [-0.1, -0.05) is 27.2 Å². The largest absolute Gasteiger partial charge is 0.316 e. The second-order valence-electron chi connectivity index (χ2n) is 5.63. The van der Waals surface area contributed by atoms with Gasteiger partial charge in [-0.05, 0) is 44.2 Å². The fourth-order valence-corrected chi connectivity index (χ4v) is 1.87. The highest BCUT2D eigenvalue weighted by molar-refractivity contribution is 4.80. The molecule has 0 amide bonds. The van der Waals surface area contributed by atoms with E-state index in [0.717, 1.165) is 19.1 Å². The number of hydrogen-bond acceptors (Lipinski definition) is 2. The highest BCUT2D eigenvalue weighted by Gasteiger charge is 2.20. The van der Waals surface area contributed by atoms with Gasteiger partial charge in [0.15, 0.2) is 0 Å². The lowest BCUT2D eigenvalue weighted by atomic mass is 9.87. The Morgan fingerprint density at radius 1 is 1.20 bits per heavy atom. The van der Waals surface area contributed by atoms with Gasteiger partial charge < -0.3 is 10.6 Å². The lowest BCUT2D eigenvalue weighted by Crippen LogP contribution is -2.29. The average molecular weight is 212 g/mol. The fourth-order valence-electron chi connectivity index (χ4n) is 1.87. The maximum absolute atomic E-state index is 3.57. The van der Waals surface area contributed by atoms with E-state index < -0.39 is 0 Å². The molecule has 15 heavy (non-hydrogen) atoms. The van der Waals surface area contributed by atoms with E-state index in [0.29, 0.717) is 5.41 Å². The molecule has 2 N–H and O–H groups in total. The Balaban J connectivity index is 1.91. The standard InChI is InChI=1S/C13H28N2/c1-4-14-11-13(2,3)9-5-6-10-15-12-7-8-12/h12,14-15H,4-11H2,1-3H3. The summed E-state index contributed by atoms with van der Waals surface area (Å²) in [4.78, 5) is 0. The van der Waals surface area contributed by atoms with Gasteiger partial charge in [0.25, 0.3) is 0 Å².